The quantitative estimate of drug-likeness (QED) is 0.561. The molecule has 0 spiro atoms. The normalized spacial score (nSPS) is 9.70. The molecular weight excluding hydrogens is 248 g/mol. The third kappa shape index (κ3) is 9.94. The van der Waals surface area contributed by atoms with E-state index < -0.39 is 0 Å². The zero-order valence-electron chi connectivity index (χ0n) is 12.0. The number of nitriles is 4. The van der Waals surface area contributed by atoms with Crippen molar-refractivity contribution in [3.63, 3.8) is 0 Å². The lowest BCUT2D eigenvalue weighted by Gasteiger charge is -2.19. The number of nitrogens with zero attached hydrogens (tertiary/aromatic N) is 4. The average molecular weight is 270 g/mol. The maximum atomic E-state index is 8.66. The molecule has 0 aliphatic rings. The second-order valence-electron chi connectivity index (χ2n) is 5.10. The first-order chi connectivity index (χ1) is 9.78. The van der Waals surface area contributed by atoms with Gasteiger partial charge in [-0.1, -0.05) is 12.8 Å². The predicted octanol–water partition coefficient (Wildman–Crippen LogP) is 4.21. The molecule has 0 heterocycles. The van der Waals surface area contributed by atoms with Gasteiger partial charge in [-0.05, 0) is 37.5 Å². The van der Waals surface area contributed by atoms with Crippen LogP contribution >= 0.6 is 0 Å². The Kier molecular flexibility index (Phi) is 12.0. The molecule has 0 fully saturated rings. The molecule has 0 aromatic rings. The maximum Gasteiger partial charge on any atom is 0.0621 e. The highest BCUT2D eigenvalue weighted by Gasteiger charge is 2.13. The molecule has 0 N–H and O–H groups in total. The summed E-state index contributed by atoms with van der Waals surface area (Å²) in [6.45, 7) is 0. The molecule has 4 heteroatoms. The molecule has 0 radical (unpaired) electrons. The van der Waals surface area contributed by atoms with Crippen LogP contribution < -0.4 is 0 Å². The van der Waals surface area contributed by atoms with Crippen molar-refractivity contribution >= 4 is 0 Å². The van der Waals surface area contributed by atoms with Gasteiger partial charge >= 0.3 is 0 Å². The van der Waals surface area contributed by atoms with Crippen LogP contribution in [0.1, 0.15) is 64.2 Å². The highest BCUT2D eigenvalue weighted by Crippen LogP contribution is 2.26. The summed E-state index contributed by atoms with van der Waals surface area (Å²) in [5, 5.41) is 34.7. The summed E-state index contributed by atoms with van der Waals surface area (Å²) in [6.07, 6.45) is 7.53. The van der Waals surface area contributed by atoms with Crippen LogP contribution in [0.2, 0.25) is 0 Å². The molecule has 0 bridgehead atoms. The minimum Gasteiger partial charge on any atom is -0.198 e. The van der Waals surface area contributed by atoms with E-state index in [1.807, 2.05) is 0 Å². The Labute approximate surface area is 122 Å². The molecule has 0 aromatic heterocycles. The van der Waals surface area contributed by atoms with E-state index in [4.69, 9.17) is 21.0 Å². The van der Waals surface area contributed by atoms with Crippen LogP contribution in [0.4, 0.5) is 0 Å². The Morgan fingerprint density at radius 2 is 0.700 bits per heavy atom. The molecule has 0 aromatic carbocycles. The fourth-order valence-electron chi connectivity index (χ4n) is 2.41. The van der Waals surface area contributed by atoms with E-state index in [1.165, 1.54) is 0 Å². The van der Waals surface area contributed by atoms with Crippen LogP contribution in [-0.2, 0) is 0 Å². The molecular formula is C16H22N4. The van der Waals surface area contributed by atoms with E-state index in [0.717, 1.165) is 38.5 Å². The first-order valence-corrected chi connectivity index (χ1v) is 7.26. The highest BCUT2D eigenvalue weighted by atomic mass is 14.3. The van der Waals surface area contributed by atoms with Crippen LogP contribution in [0.5, 0.6) is 0 Å². The lowest BCUT2D eigenvalue weighted by atomic mass is 9.86. The highest BCUT2D eigenvalue weighted by molar-refractivity contribution is 4.79. The zero-order valence-corrected chi connectivity index (χ0v) is 12.0. The number of hydrogen-bond acceptors (Lipinski definition) is 4. The molecule has 4 nitrogen and oxygen atoms in total. The monoisotopic (exact) mass is 270 g/mol. The summed E-state index contributed by atoms with van der Waals surface area (Å²) in [7, 11) is 0. The van der Waals surface area contributed by atoms with Gasteiger partial charge in [0.2, 0.25) is 0 Å². The van der Waals surface area contributed by atoms with Gasteiger partial charge in [-0.25, -0.2) is 0 Å². The molecule has 0 aliphatic carbocycles. The largest absolute Gasteiger partial charge is 0.198 e. The van der Waals surface area contributed by atoms with Crippen LogP contribution in [-0.4, -0.2) is 0 Å². The summed E-state index contributed by atoms with van der Waals surface area (Å²) in [5.74, 6) is 0.835. The summed E-state index contributed by atoms with van der Waals surface area (Å²) < 4.78 is 0. The van der Waals surface area contributed by atoms with Gasteiger partial charge in [0.25, 0.3) is 0 Å². The third-order valence-electron chi connectivity index (χ3n) is 3.64. The summed E-state index contributed by atoms with van der Waals surface area (Å²) in [6, 6.07) is 8.65. The van der Waals surface area contributed by atoms with Gasteiger partial charge in [0.1, 0.15) is 0 Å². The fraction of sp³-hybridized carbons (Fsp3) is 0.750. The van der Waals surface area contributed by atoms with Crippen molar-refractivity contribution in [3.8, 4) is 24.3 Å². The first-order valence-electron chi connectivity index (χ1n) is 7.26. The molecule has 0 amide bonds. The fourth-order valence-corrected chi connectivity index (χ4v) is 2.41. The smallest absolute Gasteiger partial charge is 0.0621 e. The number of hydrogen-bond donors (Lipinski definition) is 0. The van der Waals surface area contributed by atoms with Crippen molar-refractivity contribution in [1.29, 1.82) is 21.0 Å². The van der Waals surface area contributed by atoms with E-state index >= 15 is 0 Å². The van der Waals surface area contributed by atoms with Gasteiger partial charge in [-0.2, -0.15) is 21.0 Å². The van der Waals surface area contributed by atoms with Crippen molar-refractivity contribution in [1.82, 2.24) is 0 Å². The van der Waals surface area contributed by atoms with Gasteiger partial charge in [0.15, 0.2) is 0 Å². The van der Waals surface area contributed by atoms with Gasteiger partial charge in [0, 0.05) is 25.7 Å². The summed E-state index contributed by atoms with van der Waals surface area (Å²) in [5.41, 5.74) is 0. The minimum absolute atomic E-state index is 0.418. The lowest BCUT2D eigenvalue weighted by Crippen LogP contribution is -2.06. The van der Waals surface area contributed by atoms with E-state index in [-0.39, 0.29) is 0 Å². The van der Waals surface area contributed by atoms with Crippen LogP contribution in [0, 0.1) is 57.2 Å². The Bertz CT molecular complexity index is 326. The lowest BCUT2D eigenvalue weighted by molar-refractivity contribution is 0.342. The Balaban J connectivity index is 4.22. The molecule has 0 rings (SSSR count). The van der Waals surface area contributed by atoms with Crippen LogP contribution in [0.15, 0.2) is 0 Å². The average Bonchev–Trinajstić information content (AvgIpc) is 2.48. The molecule has 0 saturated heterocycles. The third-order valence-corrected chi connectivity index (χ3v) is 3.64. The Morgan fingerprint density at radius 3 is 0.900 bits per heavy atom. The molecule has 0 aliphatic heterocycles. The topological polar surface area (TPSA) is 95.2 Å². The van der Waals surface area contributed by atoms with Gasteiger partial charge in [0.05, 0.1) is 24.3 Å². The van der Waals surface area contributed by atoms with Crippen molar-refractivity contribution in [2.45, 2.75) is 64.2 Å². The molecule has 0 unspecified atom stereocenters. The molecule has 0 atom stereocenters. The van der Waals surface area contributed by atoms with Crippen molar-refractivity contribution in [2.75, 3.05) is 0 Å². The number of rotatable bonds is 11. The van der Waals surface area contributed by atoms with Crippen molar-refractivity contribution in [3.05, 3.63) is 0 Å². The first kappa shape index (κ1) is 18.0. The van der Waals surface area contributed by atoms with E-state index in [9.17, 15) is 0 Å². The van der Waals surface area contributed by atoms with Crippen molar-refractivity contribution in [2.24, 2.45) is 11.8 Å². The Morgan fingerprint density at radius 1 is 0.450 bits per heavy atom. The Hall–Kier alpha value is -2.04. The van der Waals surface area contributed by atoms with Crippen LogP contribution in [0.3, 0.4) is 0 Å². The van der Waals surface area contributed by atoms with Gasteiger partial charge < -0.3 is 0 Å². The summed E-state index contributed by atoms with van der Waals surface area (Å²) in [4.78, 5) is 0. The van der Waals surface area contributed by atoms with E-state index in [0.29, 0.717) is 37.5 Å². The van der Waals surface area contributed by atoms with Gasteiger partial charge in [-0.15, -0.1) is 0 Å². The van der Waals surface area contributed by atoms with Crippen molar-refractivity contribution < 1.29 is 0 Å². The SMILES string of the molecule is N#CCCC(CCC#N)CCC(CCC#N)CCC#N. The second-order valence-corrected chi connectivity index (χ2v) is 5.10. The molecule has 0 saturated carbocycles. The predicted molar refractivity (Wildman–Crippen MR) is 75.6 cm³/mol. The zero-order chi connectivity index (χ0) is 15.1. The molecule has 106 valence electrons. The maximum absolute atomic E-state index is 8.66. The minimum atomic E-state index is 0.418. The molecule has 20 heavy (non-hydrogen) atoms. The second kappa shape index (κ2) is 13.4. The van der Waals surface area contributed by atoms with E-state index in [2.05, 4.69) is 24.3 Å². The standard InChI is InChI=1S/C16H22N4/c17-11-1-5-15(6-2-12-18)9-10-16(7-3-13-19)8-4-14-20/h15-16H,1-10H2. The summed E-state index contributed by atoms with van der Waals surface area (Å²) >= 11 is 0. The van der Waals surface area contributed by atoms with Gasteiger partial charge in [-0.3, -0.25) is 0 Å². The van der Waals surface area contributed by atoms with E-state index in [1.54, 1.807) is 0 Å². The van der Waals surface area contributed by atoms with Crippen LogP contribution in [0.25, 0.3) is 0 Å².